The molecule has 4 aromatic rings. The van der Waals surface area contributed by atoms with E-state index in [1.54, 1.807) is 54.7 Å². The summed E-state index contributed by atoms with van der Waals surface area (Å²) >= 11 is 0. The number of ether oxygens (including phenoxy) is 1. The van der Waals surface area contributed by atoms with E-state index in [4.69, 9.17) is 4.74 Å². The fraction of sp³-hybridized carbons (Fsp3) is 0.0385. The molecule has 3 aromatic carbocycles. The van der Waals surface area contributed by atoms with Gasteiger partial charge in [-0.15, -0.1) is 0 Å². The maximum atomic E-state index is 12.9. The van der Waals surface area contributed by atoms with Crippen LogP contribution in [0.4, 0.5) is 11.4 Å². The second kappa shape index (κ2) is 9.57. The molecule has 32 heavy (non-hydrogen) atoms. The fourth-order valence-electron chi connectivity index (χ4n) is 3.03. The van der Waals surface area contributed by atoms with Gasteiger partial charge in [-0.25, -0.2) is 0 Å². The van der Waals surface area contributed by atoms with E-state index < -0.39 is 0 Å². The number of nitrogens with zero attached hydrogens (tertiary/aromatic N) is 1. The van der Waals surface area contributed by atoms with Crippen LogP contribution < -0.4 is 15.4 Å². The van der Waals surface area contributed by atoms with Gasteiger partial charge in [-0.1, -0.05) is 35.9 Å². The van der Waals surface area contributed by atoms with E-state index in [-0.39, 0.29) is 11.8 Å². The Balaban J connectivity index is 1.48. The second-order valence-corrected chi connectivity index (χ2v) is 7.14. The number of aromatic nitrogens is 1. The Hall–Kier alpha value is -4.45. The summed E-state index contributed by atoms with van der Waals surface area (Å²) in [6.45, 7) is 2.01. The number of hydrogen-bond acceptors (Lipinski definition) is 4. The van der Waals surface area contributed by atoms with Gasteiger partial charge in [0.2, 0.25) is 0 Å². The number of aryl methyl sites for hydroxylation is 1. The number of rotatable bonds is 6. The van der Waals surface area contributed by atoms with Gasteiger partial charge in [0, 0.05) is 23.6 Å². The smallest absolute Gasteiger partial charge is 0.257 e. The van der Waals surface area contributed by atoms with Crippen molar-refractivity contribution < 1.29 is 14.3 Å². The molecule has 158 valence electrons. The molecule has 6 heteroatoms. The summed E-state index contributed by atoms with van der Waals surface area (Å²) in [5.74, 6) is 0.595. The lowest BCUT2D eigenvalue weighted by Crippen LogP contribution is -2.15. The van der Waals surface area contributed by atoms with Crippen molar-refractivity contribution in [2.75, 3.05) is 10.6 Å². The molecule has 0 fully saturated rings. The van der Waals surface area contributed by atoms with Crippen molar-refractivity contribution in [2.45, 2.75) is 6.92 Å². The van der Waals surface area contributed by atoms with Gasteiger partial charge < -0.3 is 15.4 Å². The highest BCUT2D eigenvalue weighted by molar-refractivity contribution is 6.07. The maximum Gasteiger partial charge on any atom is 0.257 e. The number of amides is 2. The fourth-order valence-corrected chi connectivity index (χ4v) is 3.03. The van der Waals surface area contributed by atoms with Crippen molar-refractivity contribution in [3.8, 4) is 11.5 Å². The molecule has 0 spiro atoms. The number of pyridine rings is 1. The highest BCUT2D eigenvalue weighted by atomic mass is 16.5. The first-order valence-electron chi connectivity index (χ1n) is 10.0. The number of carbonyl (C=O) groups is 2. The van der Waals surface area contributed by atoms with Gasteiger partial charge in [-0.2, -0.15) is 0 Å². The van der Waals surface area contributed by atoms with Crippen molar-refractivity contribution in [2.24, 2.45) is 0 Å². The van der Waals surface area contributed by atoms with Gasteiger partial charge in [0.1, 0.15) is 5.75 Å². The largest absolute Gasteiger partial charge is 0.455 e. The SMILES string of the molecule is Cc1ccc(Oc2ccccc2NC(=O)c2cccc(NC(=O)c3cccnc3)c2)cc1. The van der Waals surface area contributed by atoms with Gasteiger partial charge in [0.05, 0.1) is 11.3 Å². The number of para-hydroxylation sites is 2. The molecule has 6 nitrogen and oxygen atoms in total. The van der Waals surface area contributed by atoms with E-state index in [2.05, 4.69) is 15.6 Å². The van der Waals surface area contributed by atoms with Gasteiger partial charge >= 0.3 is 0 Å². The average Bonchev–Trinajstić information content (AvgIpc) is 2.82. The summed E-state index contributed by atoms with van der Waals surface area (Å²) < 4.78 is 5.95. The molecule has 2 N–H and O–H groups in total. The highest BCUT2D eigenvalue weighted by Crippen LogP contribution is 2.30. The van der Waals surface area contributed by atoms with Crippen LogP contribution >= 0.6 is 0 Å². The number of hydrogen-bond donors (Lipinski definition) is 2. The Morgan fingerprint density at radius 1 is 0.781 bits per heavy atom. The van der Waals surface area contributed by atoms with Crippen molar-refractivity contribution in [3.05, 3.63) is 114 Å². The Bertz CT molecular complexity index is 1240. The van der Waals surface area contributed by atoms with Crippen LogP contribution in [0.2, 0.25) is 0 Å². The minimum absolute atomic E-state index is 0.299. The summed E-state index contributed by atoms with van der Waals surface area (Å²) in [6, 6.07) is 25.0. The topological polar surface area (TPSA) is 80.3 Å². The quantitative estimate of drug-likeness (QED) is 0.418. The predicted molar refractivity (Wildman–Crippen MR) is 124 cm³/mol. The molecular formula is C26H21N3O3. The van der Waals surface area contributed by atoms with E-state index in [1.807, 2.05) is 43.3 Å². The van der Waals surface area contributed by atoms with Gasteiger partial charge in [0.15, 0.2) is 5.75 Å². The van der Waals surface area contributed by atoms with Crippen LogP contribution in [-0.2, 0) is 0 Å². The molecule has 0 aliphatic carbocycles. The summed E-state index contributed by atoms with van der Waals surface area (Å²) in [6.07, 6.45) is 3.08. The van der Waals surface area contributed by atoms with Gasteiger partial charge in [0.25, 0.3) is 11.8 Å². The Labute approximate surface area is 185 Å². The van der Waals surface area contributed by atoms with E-state index >= 15 is 0 Å². The van der Waals surface area contributed by atoms with Gasteiger partial charge in [-0.05, 0) is 61.5 Å². The normalized spacial score (nSPS) is 10.3. The van der Waals surface area contributed by atoms with Crippen LogP contribution in [0, 0.1) is 6.92 Å². The molecule has 1 heterocycles. The minimum atomic E-state index is -0.317. The Morgan fingerprint density at radius 3 is 2.31 bits per heavy atom. The monoisotopic (exact) mass is 423 g/mol. The van der Waals surface area contributed by atoms with Crippen molar-refractivity contribution in [3.63, 3.8) is 0 Å². The first kappa shape index (κ1) is 20.8. The molecule has 4 rings (SSSR count). The second-order valence-electron chi connectivity index (χ2n) is 7.14. The van der Waals surface area contributed by atoms with E-state index in [0.717, 1.165) is 5.56 Å². The molecule has 0 unspecified atom stereocenters. The Morgan fingerprint density at radius 2 is 1.53 bits per heavy atom. The third kappa shape index (κ3) is 5.17. The summed E-state index contributed by atoms with van der Waals surface area (Å²) in [5, 5.41) is 5.67. The van der Waals surface area contributed by atoms with Crippen molar-refractivity contribution in [1.82, 2.24) is 4.98 Å². The van der Waals surface area contributed by atoms with Crippen LogP contribution in [0.3, 0.4) is 0 Å². The minimum Gasteiger partial charge on any atom is -0.455 e. The molecule has 0 saturated heterocycles. The zero-order chi connectivity index (χ0) is 22.3. The lowest BCUT2D eigenvalue weighted by molar-refractivity contribution is 0.101. The number of anilines is 2. The summed E-state index contributed by atoms with van der Waals surface area (Å²) in [4.78, 5) is 29.2. The molecule has 0 bridgehead atoms. The zero-order valence-electron chi connectivity index (χ0n) is 17.4. The first-order valence-corrected chi connectivity index (χ1v) is 10.0. The van der Waals surface area contributed by atoms with E-state index in [1.165, 1.54) is 6.20 Å². The Kier molecular flexibility index (Phi) is 6.22. The van der Waals surface area contributed by atoms with Crippen LogP contribution in [0.15, 0.2) is 97.3 Å². The maximum absolute atomic E-state index is 12.9. The first-order chi connectivity index (χ1) is 15.6. The molecular weight excluding hydrogens is 402 g/mol. The van der Waals surface area contributed by atoms with Crippen molar-refractivity contribution in [1.29, 1.82) is 0 Å². The summed E-state index contributed by atoms with van der Waals surface area (Å²) in [7, 11) is 0. The van der Waals surface area contributed by atoms with Crippen LogP contribution in [-0.4, -0.2) is 16.8 Å². The number of benzene rings is 3. The summed E-state index contributed by atoms with van der Waals surface area (Å²) in [5.41, 5.74) is 3.02. The molecule has 0 atom stereocenters. The third-order valence-corrected chi connectivity index (χ3v) is 4.69. The van der Waals surface area contributed by atoms with Crippen molar-refractivity contribution >= 4 is 23.2 Å². The van der Waals surface area contributed by atoms with Crippen LogP contribution in [0.25, 0.3) is 0 Å². The lowest BCUT2D eigenvalue weighted by atomic mass is 10.1. The van der Waals surface area contributed by atoms with E-state index in [0.29, 0.717) is 34.0 Å². The van der Waals surface area contributed by atoms with Crippen LogP contribution in [0.5, 0.6) is 11.5 Å². The van der Waals surface area contributed by atoms with E-state index in [9.17, 15) is 9.59 Å². The zero-order valence-corrected chi connectivity index (χ0v) is 17.4. The average molecular weight is 423 g/mol. The molecule has 1 aromatic heterocycles. The molecule has 0 aliphatic rings. The molecule has 0 radical (unpaired) electrons. The molecule has 0 aliphatic heterocycles. The number of nitrogens with one attached hydrogen (secondary N) is 2. The third-order valence-electron chi connectivity index (χ3n) is 4.69. The highest BCUT2D eigenvalue weighted by Gasteiger charge is 2.12. The lowest BCUT2D eigenvalue weighted by Gasteiger charge is -2.13. The van der Waals surface area contributed by atoms with Crippen LogP contribution in [0.1, 0.15) is 26.3 Å². The molecule has 0 saturated carbocycles. The standard InChI is InChI=1S/C26H21N3O3/c1-18-11-13-22(14-12-18)32-24-10-3-2-9-23(24)29-25(30)19-6-4-8-21(16-19)28-26(31)20-7-5-15-27-17-20/h2-17H,1H3,(H,28,31)(H,29,30). The number of carbonyl (C=O) groups excluding carboxylic acids is 2. The van der Waals surface area contributed by atoms with Gasteiger partial charge in [-0.3, -0.25) is 14.6 Å². The predicted octanol–water partition coefficient (Wildman–Crippen LogP) is 5.69. The molecule has 2 amide bonds.